The summed E-state index contributed by atoms with van der Waals surface area (Å²) in [5.74, 6) is -1.57. The zero-order valence-electron chi connectivity index (χ0n) is 7.96. The molecule has 0 radical (unpaired) electrons. The first-order valence-electron chi connectivity index (χ1n) is 4.36. The van der Waals surface area contributed by atoms with E-state index in [2.05, 4.69) is 15.2 Å². The van der Waals surface area contributed by atoms with Crippen LogP contribution >= 0.6 is 11.6 Å². The molecule has 6 heteroatoms. The number of rotatable bonds is 2. The van der Waals surface area contributed by atoms with Gasteiger partial charge in [-0.05, 0) is 6.07 Å². The molecule has 5 nitrogen and oxygen atoms in total. The van der Waals surface area contributed by atoms with Crippen molar-refractivity contribution in [2.75, 3.05) is 0 Å². The van der Waals surface area contributed by atoms with Gasteiger partial charge in [-0.25, -0.2) is 9.78 Å². The van der Waals surface area contributed by atoms with E-state index < -0.39 is 5.97 Å². The minimum atomic E-state index is -1.22. The van der Waals surface area contributed by atoms with Crippen molar-refractivity contribution < 1.29 is 9.90 Å². The quantitative estimate of drug-likeness (QED) is 0.860. The molecule has 0 saturated heterocycles. The first-order valence-corrected chi connectivity index (χ1v) is 4.74. The van der Waals surface area contributed by atoms with Crippen molar-refractivity contribution in [3.8, 4) is 11.3 Å². The van der Waals surface area contributed by atoms with Gasteiger partial charge in [-0.1, -0.05) is 29.8 Å². The highest BCUT2D eigenvalue weighted by Gasteiger charge is 2.10. The summed E-state index contributed by atoms with van der Waals surface area (Å²) in [4.78, 5) is 14.5. The van der Waals surface area contributed by atoms with Gasteiger partial charge >= 0.3 is 5.97 Å². The summed E-state index contributed by atoms with van der Waals surface area (Å²) in [7, 11) is 0. The van der Waals surface area contributed by atoms with Crippen molar-refractivity contribution in [3.63, 3.8) is 0 Å². The topological polar surface area (TPSA) is 76.0 Å². The Morgan fingerprint density at radius 3 is 2.75 bits per heavy atom. The number of hydrogen-bond acceptors (Lipinski definition) is 4. The normalized spacial score (nSPS) is 10.1. The van der Waals surface area contributed by atoms with Crippen molar-refractivity contribution in [2.24, 2.45) is 0 Å². The largest absolute Gasteiger partial charge is 0.475 e. The third-order valence-electron chi connectivity index (χ3n) is 1.90. The van der Waals surface area contributed by atoms with Crippen molar-refractivity contribution in [3.05, 3.63) is 41.3 Å². The van der Waals surface area contributed by atoms with Gasteiger partial charge in [0.15, 0.2) is 0 Å². The van der Waals surface area contributed by atoms with Crippen LogP contribution < -0.4 is 0 Å². The first-order chi connectivity index (χ1) is 7.68. The van der Waals surface area contributed by atoms with E-state index in [0.717, 1.165) is 0 Å². The maximum absolute atomic E-state index is 10.7. The molecular formula is C10H6ClN3O2. The molecule has 0 aliphatic heterocycles. The molecule has 0 atom stereocenters. The van der Waals surface area contributed by atoms with E-state index in [9.17, 15) is 4.79 Å². The molecule has 0 fully saturated rings. The highest BCUT2D eigenvalue weighted by molar-refractivity contribution is 6.33. The number of carboxylic acid groups (broad SMARTS) is 1. The van der Waals surface area contributed by atoms with E-state index in [4.69, 9.17) is 16.7 Å². The van der Waals surface area contributed by atoms with Crippen molar-refractivity contribution in [1.82, 2.24) is 15.2 Å². The van der Waals surface area contributed by atoms with E-state index in [-0.39, 0.29) is 5.82 Å². The van der Waals surface area contributed by atoms with Gasteiger partial charge in [0, 0.05) is 5.56 Å². The molecule has 0 spiro atoms. The number of aromatic nitrogens is 3. The van der Waals surface area contributed by atoms with E-state index in [0.29, 0.717) is 16.3 Å². The third kappa shape index (κ3) is 1.99. The van der Waals surface area contributed by atoms with Crippen LogP contribution in [0.15, 0.2) is 30.5 Å². The Hall–Kier alpha value is -2.01. The van der Waals surface area contributed by atoms with Crippen LogP contribution in [-0.4, -0.2) is 26.3 Å². The van der Waals surface area contributed by atoms with E-state index in [1.165, 1.54) is 6.20 Å². The Labute approximate surface area is 95.7 Å². The van der Waals surface area contributed by atoms with Crippen molar-refractivity contribution in [1.29, 1.82) is 0 Å². The molecule has 0 bridgehead atoms. The number of nitrogens with zero attached hydrogens (tertiary/aromatic N) is 3. The van der Waals surface area contributed by atoms with Crippen LogP contribution in [0.5, 0.6) is 0 Å². The highest BCUT2D eigenvalue weighted by atomic mass is 35.5. The molecule has 1 N–H and O–H groups in total. The van der Waals surface area contributed by atoms with Gasteiger partial charge in [0.05, 0.1) is 16.9 Å². The zero-order valence-corrected chi connectivity index (χ0v) is 8.72. The number of halogens is 1. The average Bonchev–Trinajstić information content (AvgIpc) is 2.30. The standard InChI is InChI=1S/C10H6ClN3O2/c11-7-4-2-1-3-6(7)8-5-12-14-9(13-8)10(15)16/h1-5H,(H,15,16). The molecule has 80 valence electrons. The molecule has 1 aromatic heterocycles. The lowest BCUT2D eigenvalue weighted by Gasteiger charge is -2.02. The highest BCUT2D eigenvalue weighted by Crippen LogP contribution is 2.24. The fourth-order valence-corrected chi connectivity index (χ4v) is 1.43. The second-order valence-corrected chi connectivity index (χ2v) is 3.36. The zero-order chi connectivity index (χ0) is 11.5. The summed E-state index contributed by atoms with van der Waals surface area (Å²) in [5.41, 5.74) is 1.01. The molecule has 2 rings (SSSR count). The van der Waals surface area contributed by atoms with E-state index >= 15 is 0 Å². The molecule has 16 heavy (non-hydrogen) atoms. The number of benzene rings is 1. The van der Waals surface area contributed by atoms with Gasteiger partial charge < -0.3 is 5.11 Å². The molecule has 1 heterocycles. The summed E-state index contributed by atoms with van der Waals surface area (Å²) in [6, 6.07) is 6.99. The number of aromatic carboxylic acids is 1. The molecule has 0 unspecified atom stereocenters. The SMILES string of the molecule is O=C(O)c1nncc(-c2ccccc2Cl)n1. The van der Waals surface area contributed by atoms with Crippen molar-refractivity contribution in [2.45, 2.75) is 0 Å². The third-order valence-corrected chi connectivity index (χ3v) is 2.23. The van der Waals surface area contributed by atoms with Gasteiger partial charge in [0.2, 0.25) is 0 Å². The minimum Gasteiger partial charge on any atom is -0.475 e. The smallest absolute Gasteiger partial charge is 0.375 e. The number of hydrogen-bond donors (Lipinski definition) is 1. The maximum atomic E-state index is 10.7. The fraction of sp³-hybridized carbons (Fsp3) is 0. The van der Waals surface area contributed by atoms with Gasteiger partial charge in [-0.2, -0.15) is 5.10 Å². The van der Waals surface area contributed by atoms with E-state index in [1.54, 1.807) is 24.3 Å². The Kier molecular flexibility index (Phi) is 2.78. The van der Waals surface area contributed by atoms with Gasteiger partial charge in [-0.3, -0.25) is 0 Å². The minimum absolute atomic E-state index is 0.350. The number of carboxylic acids is 1. The lowest BCUT2D eigenvalue weighted by molar-refractivity contribution is 0.0682. The molecular weight excluding hydrogens is 230 g/mol. The van der Waals surface area contributed by atoms with Crippen molar-refractivity contribution >= 4 is 17.6 Å². The predicted molar refractivity (Wildman–Crippen MR) is 57.2 cm³/mol. The lowest BCUT2D eigenvalue weighted by Crippen LogP contribution is -2.06. The second-order valence-electron chi connectivity index (χ2n) is 2.95. The molecule has 0 aliphatic carbocycles. The van der Waals surface area contributed by atoms with Crippen LogP contribution in [0, 0.1) is 0 Å². The molecule has 0 aliphatic rings. The predicted octanol–water partition coefficient (Wildman–Crippen LogP) is 1.89. The maximum Gasteiger partial charge on any atom is 0.375 e. The van der Waals surface area contributed by atoms with Crippen LogP contribution in [-0.2, 0) is 0 Å². The summed E-state index contributed by atoms with van der Waals surface area (Å²) < 4.78 is 0. The molecule has 0 saturated carbocycles. The monoisotopic (exact) mass is 235 g/mol. The summed E-state index contributed by atoms with van der Waals surface area (Å²) in [6.45, 7) is 0. The summed E-state index contributed by atoms with van der Waals surface area (Å²) >= 11 is 5.96. The average molecular weight is 236 g/mol. The second kappa shape index (κ2) is 4.24. The number of carbonyl (C=O) groups is 1. The Bertz CT molecular complexity index is 545. The van der Waals surface area contributed by atoms with Crippen LogP contribution in [0.2, 0.25) is 5.02 Å². The van der Waals surface area contributed by atoms with Crippen LogP contribution in [0.3, 0.4) is 0 Å². The summed E-state index contributed by atoms with van der Waals surface area (Å²) in [6.07, 6.45) is 1.37. The van der Waals surface area contributed by atoms with Gasteiger partial charge in [-0.15, -0.1) is 5.10 Å². The van der Waals surface area contributed by atoms with E-state index in [1.807, 2.05) is 0 Å². The van der Waals surface area contributed by atoms with Crippen LogP contribution in [0.25, 0.3) is 11.3 Å². The fourth-order valence-electron chi connectivity index (χ4n) is 1.19. The first kappa shape index (κ1) is 10.5. The van der Waals surface area contributed by atoms with Crippen LogP contribution in [0.4, 0.5) is 0 Å². The molecule has 0 amide bonds. The van der Waals surface area contributed by atoms with Crippen LogP contribution in [0.1, 0.15) is 10.6 Å². The summed E-state index contributed by atoms with van der Waals surface area (Å²) in [5, 5.41) is 16.2. The molecule has 1 aromatic carbocycles. The van der Waals surface area contributed by atoms with Gasteiger partial charge in [0.25, 0.3) is 5.82 Å². The Balaban J connectivity index is 2.53. The Morgan fingerprint density at radius 1 is 1.31 bits per heavy atom. The lowest BCUT2D eigenvalue weighted by atomic mass is 10.2. The van der Waals surface area contributed by atoms with Gasteiger partial charge in [0.1, 0.15) is 0 Å². The Morgan fingerprint density at radius 2 is 2.06 bits per heavy atom. The molecule has 2 aromatic rings.